The molecule has 168 valence electrons. The molecule has 0 atom stereocenters. The van der Waals surface area contributed by atoms with Crippen LogP contribution in [-0.4, -0.2) is 39.7 Å². The van der Waals surface area contributed by atoms with Gasteiger partial charge in [0.25, 0.3) is 0 Å². The molecule has 1 saturated heterocycles. The van der Waals surface area contributed by atoms with Crippen molar-refractivity contribution in [1.82, 2.24) is 14.9 Å². The summed E-state index contributed by atoms with van der Waals surface area (Å²) in [4.78, 5) is 22.3. The van der Waals surface area contributed by atoms with E-state index in [4.69, 9.17) is 4.74 Å². The molecule has 6 nitrogen and oxygen atoms in total. The average Bonchev–Trinajstić information content (AvgIpc) is 2.70. The fourth-order valence-electron chi connectivity index (χ4n) is 3.72. The van der Waals surface area contributed by atoms with E-state index in [9.17, 15) is 18.0 Å². The number of carbonyl (C=O) groups excluding carboxylic acids is 1. The number of rotatable bonds is 3. The van der Waals surface area contributed by atoms with Crippen LogP contribution in [0.4, 0.5) is 29.5 Å². The van der Waals surface area contributed by atoms with Crippen LogP contribution < -0.4 is 5.32 Å². The molecule has 32 heavy (non-hydrogen) atoms. The maximum Gasteiger partial charge on any atom is 0.410 e. The van der Waals surface area contributed by atoms with Gasteiger partial charge in [-0.25, -0.2) is 27.9 Å². The van der Waals surface area contributed by atoms with Gasteiger partial charge in [0, 0.05) is 23.9 Å². The van der Waals surface area contributed by atoms with E-state index in [1.54, 1.807) is 11.0 Å². The number of carbonyl (C=O) groups is 1. The van der Waals surface area contributed by atoms with Gasteiger partial charge in [0.15, 0.2) is 17.5 Å². The minimum Gasteiger partial charge on any atom is -0.444 e. The normalized spacial score (nSPS) is 15.4. The van der Waals surface area contributed by atoms with Gasteiger partial charge in [0.1, 0.15) is 17.7 Å². The zero-order valence-corrected chi connectivity index (χ0v) is 18.2. The number of halogens is 3. The topological polar surface area (TPSA) is 67.3 Å². The van der Waals surface area contributed by atoms with Crippen molar-refractivity contribution in [3.8, 4) is 0 Å². The van der Waals surface area contributed by atoms with Gasteiger partial charge in [-0.1, -0.05) is 13.0 Å². The Kier molecular flexibility index (Phi) is 5.22. The molecule has 2 aromatic carbocycles. The lowest BCUT2D eigenvalue weighted by Gasteiger charge is -2.48. The summed E-state index contributed by atoms with van der Waals surface area (Å²) in [6.07, 6.45) is 0.938. The van der Waals surface area contributed by atoms with Crippen molar-refractivity contribution in [2.75, 3.05) is 18.4 Å². The summed E-state index contributed by atoms with van der Waals surface area (Å²) in [7, 11) is 0. The molecule has 1 aliphatic rings. The van der Waals surface area contributed by atoms with Crippen LogP contribution in [-0.2, 0) is 10.2 Å². The van der Waals surface area contributed by atoms with Crippen molar-refractivity contribution < 1.29 is 22.7 Å². The molecule has 0 bridgehead atoms. The van der Waals surface area contributed by atoms with Crippen molar-refractivity contribution in [2.45, 2.75) is 38.7 Å². The fraction of sp³-hybridized carbons (Fsp3) is 0.348. The third kappa shape index (κ3) is 4.06. The predicted octanol–water partition coefficient (Wildman–Crippen LogP) is 5.30. The Bertz CT molecular complexity index is 1200. The molecular formula is C23H23F3N4O2. The standard InChI is InChI=1S/C23H23F3N4O2/c1-22(2,3)32-21(31)30-10-23(4,11-30)13-5-7-16-14(9-13)20(28-12-27-16)29-17-8-6-15(24)18(25)19(17)26/h5-9,12H,10-11H2,1-4H3,(H,27,28,29). The molecule has 3 aromatic rings. The van der Waals surface area contributed by atoms with Crippen molar-refractivity contribution in [1.29, 1.82) is 0 Å². The summed E-state index contributed by atoms with van der Waals surface area (Å²) >= 11 is 0. The average molecular weight is 444 g/mol. The van der Waals surface area contributed by atoms with Gasteiger partial charge in [-0.15, -0.1) is 0 Å². The lowest BCUT2D eigenvalue weighted by atomic mass is 9.75. The number of ether oxygens (including phenoxy) is 1. The molecule has 0 unspecified atom stereocenters. The van der Waals surface area contributed by atoms with E-state index < -0.39 is 23.1 Å². The van der Waals surface area contributed by atoms with Crippen LogP contribution in [0, 0.1) is 17.5 Å². The quantitative estimate of drug-likeness (QED) is 0.556. The molecule has 1 aromatic heterocycles. The molecule has 0 saturated carbocycles. The Hall–Kier alpha value is -3.36. The van der Waals surface area contributed by atoms with E-state index in [1.165, 1.54) is 6.33 Å². The van der Waals surface area contributed by atoms with Gasteiger partial charge in [-0.3, -0.25) is 0 Å². The van der Waals surface area contributed by atoms with Gasteiger partial charge in [0.2, 0.25) is 0 Å². The first-order chi connectivity index (χ1) is 15.0. The van der Waals surface area contributed by atoms with Crippen LogP contribution in [0.15, 0.2) is 36.7 Å². The first-order valence-corrected chi connectivity index (χ1v) is 10.1. The second-order valence-corrected chi connectivity index (χ2v) is 9.20. The summed E-state index contributed by atoms with van der Waals surface area (Å²) in [5.41, 5.74) is 0.416. The minimum atomic E-state index is -1.56. The molecule has 1 amide bonds. The molecule has 2 heterocycles. The number of hydrogen-bond acceptors (Lipinski definition) is 5. The first kappa shape index (κ1) is 21.9. The Morgan fingerprint density at radius 1 is 1.09 bits per heavy atom. The van der Waals surface area contributed by atoms with Crippen LogP contribution >= 0.6 is 0 Å². The largest absolute Gasteiger partial charge is 0.444 e. The molecule has 1 N–H and O–H groups in total. The number of nitrogens with zero attached hydrogens (tertiary/aromatic N) is 3. The van der Waals surface area contributed by atoms with Gasteiger partial charge in [0.05, 0.1) is 11.2 Å². The van der Waals surface area contributed by atoms with Crippen molar-refractivity contribution in [2.24, 2.45) is 0 Å². The molecule has 0 aliphatic carbocycles. The van der Waals surface area contributed by atoms with E-state index in [0.717, 1.165) is 17.7 Å². The van der Waals surface area contributed by atoms with Gasteiger partial charge in [-0.05, 0) is 50.6 Å². The summed E-state index contributed by atoms with van der Waals surface area (Å²) in [6, 6.07) is 7.54. The van der Waals surface area contributed by atoms with Crippen LogP contribution in [0.25, 0.3) is 10.9 Å². The summed E-state index contributed by atoms with van der Waals surface area (Å²) < 4.78 is 46.4. The SMILES string of the molecule is CC(C)(C)OC(=O)N1CC(C)(c2ccc3ncnc(Nc4ccc(F)c(F)c4F)c3c2)C1. The lowest BCUT2D eigenvalue weighted by Crippen LogP contribution is -2.60. The highest BCUT2D eigenvalue weighted by atomic mass is 19.2. The van der Waals surface area contributed by atoms with Crippen molar-refractivity contribution >= 4 is 28.5 Å². The summed E-state index contributed by atoms with van der Waals surface area (Å²) in [5, 5.41) is 3.32. The number of amides is 1. The second-order valence-electron chi connectivity index (χ2n) is 9.20. The Labute approximate surface area is 183 Å². The highest BCUT2D eigenvalue weighted by Gasteiger charge is 2.44. The van der Waals surface area contributed by atoms with Gasteiger partial charge >= 0.3 is 6.09 Å². The van der Waals surface area contributed by atoms with E-state index in [0.29, 0.717) is 24.0 Å². The molecule has 1 aliphatic heterocycles. The fourth-order valence-corrected chi connectivity index (χ4v) is 3.72. The minimum absolute atomic E-state index is 0.236. The number of aromatic nitrogens is 2. The smallest absolute Gasteiger partial charge is 0.410 e. The van der Waals surface area contributed by atoms with E-state index in [-0.39, 0.29) is 23.0 Å². The Morgan fingerprint density at radius 3 is 2.50 bits per heavy atom. The third-order valence-corrected chi connectivity index (χ3v) is 5.35. The third-order valence-electron chi connectivity index (χ3n) is 5.35. The molecule has 0 radical (unpaired) electrons. The Morgan fingerprint density at radius 2 is 1.81 bits per heavy atom. The van der Waals surface area contributed by atoms with E-state index >= 15 is 0 Å². The highest BCUT2D eigenvalue weighted by molar-refractivity contribution is 5.91. The maximum absolute atomic E-state index is 14.1. The molecule has 1 fully saturated rings. The van der Waals surface area contributed by atoms with Gasteiger partial charge in [-0.2, -0.15) is 0 Å². The number of benzene rings is 2. The van der Waals surface area contributed by atoms with Crippen molar-refractivity contribution in [3.05, 3.63) is 59.7 Å². The maximum atomic E-state index is 14.1. The van der Waals surface area contributed by atoms with Crippen molar-refractivity contribution in [3.63, 3.8) is 0 Å². The molecule has 0 spiro atoms. The van der Waals surface area contributed by atoms with Crippen LogP contribution in [0.1, 0.15) is 33.3 Å². The zero-order valence-electron chi connectivity index (χ0n) is 18.2. The number of anilines is 2. The zero-order chi connectivity index (χ0) is 23.3. The monoisotopic (exact) mass is 444 g/mol. The molecular weight excluding hydrogens is 421 g/mol. The predicted molar refractivity (Wildman–Crippen MR) is 114 cm³/mol. The van der Waals surface area contributed by atoms with E-state index in [2.05, 4.69) is 15.3 Å². The summed E-state index contributed by atoms with van der Waals surface area (Å²) in [6.45, 7) is 8.43. The number of likely N-dealkylation sites (tertiary alicyclic amines) is 1. The van der Waals surface area contributed by atoms with Crippen LogP contribution in [0.5, 0.6) is 0 Å². The van der Waals surface area contributed by atoms with Crippen LogP contribution in [0.3, 0.4) is 0 Å². The highest BCUT2D eigenvalue weighted by Crippen LogP contribution is 2.37. The Balaban J connectivity index is 1.61. The van der Waals surface area contributed by atoms with E-state index in [1.807, 2.05) is 39.8 Å². The summed E-state index contributed by atoms with van der Waals surface area (Å²) in [5.74, 6) is -3.89. The first-order valence-electron chi connectivity index (χ1n) is 10.1. The number of hydrogen-bond donors (Lipinski definition) is 1. The lowest BCUT2D eigenvalue weighted by molar-refractivity contribution is -0.00648. The number of nitrogens with one attached hydrogen (secondary N) is 1. The van der Waals surface area contributed by atoms with Gasteiger partial charge < -0.3 is 15.0 Å². The molecule has 4 rings (SSSR count). The second kappa shape index (κ2) is 7.65. The molecule has 9 heteroatoms. The van der Waals surface area contributed by atoms with Crippen LogP contribution in [0.2, 0.25) is 0 Å². The number of fused-ring (bicyclic) bond motifs is 1.